The number of unbranched alkanes of at least 4 members (excludes halogenated alkanes) is 1. The van der Waals surface area contributed by atoms with Crippen LogP contribution in [0.4, 0.5) is 0 Å². The number of carboxylic acids is 1. The van der Waals surface area contributed by atoms with E-state index in [0.29, 0.717) is 23.8 Å². The molecule has 2 aliphatic carbocycles. The molecule has 5 nitrogen and oxygen atoms in total. The zero-order chi connectivity index (χ0) is 19.2. The molecule has 0 aromatic carbocycles. The second-order valence-electron chi connectivity index (χ2n) is 9.10. The van der Waals surface area contributed by atoms with Crippen molar-refractivity contribution in [2.75, 3.05) is 6.61 Å². The van der Waals surface area contributed by atoms with Crippen LogP contribution in [-0.4, -0.2) is 30.0 Å². The summed E-state index contributed by atoms with van der Waals surface area (Å²) in [7, 11) is 0. The van der Waals surface area contributed by atoms with Gasteiger partial charge in [0.2, 0.25) is 0 Å². The van der Waals surface area contributed by atoms with Gasteiger partial charge in [0.05, 0.1) is 6.07 Å². The zero-order valence-corrected chi connectivity index (χ0v) is 16.7. The van der Waals surface area contributed by atoms with Crippen LogP contribution in [0, 0.1) is 40.9 Å². The van der Waals surface area contributed by atoms with Crippen LogP contribution in [-0.2, 0) is 9.53 Å². The van der Waals surface area contributed by atoms with E-state index in [1.165, 1.54) is 44.9 Å². The van der Waals surface area contributed by atoms with Crippen molar-refractivity contribution in [3.8, 4) is 6.07 Å². The third kappa shape index (κ3) is 5.45. The van der Waals surface area contributed by atoms with Crippen molar-refractivity contribution in [3.05, 3.63) is 0 Å². The molecule has 7 unspecified atom stereocenters. The third-order valence-corrected chi connectivity index (χ3v) is 7.32. The van der Waals surface area contributed by atoms with Gasteiger partial charge in [-0.15, -0.1) is 0 Å². The molecule has 152 valence electrons. The van der Waals surface area contributed by atoms with Crippen molar-refractivity contribution in [3.63, 3.8) is 0 Å². The van der Waals surface area contributed by atoms with Gasteiger partial charge in [0.15, 0.2) is 0 Å². The maximum atomic E-state index is 10.9. The number of fused-ring (bicyclic) bond motifs is 1. The van der Waals surface area contributed by atoms with Crippen molar-refractivity contribution in [2.45, 2.75) is 89.8 Å². The molecule has 0 radical (unpaired) electrons. The zero-order valence-electron chi connectivity index (χ0n) is 16.7. The number of aliphatic carboxylic acids is 1. The summed E-state index contributed by atoms with van der Waals surface area (Å²) in [5.74, 6) is 1.96. The highest BCUT2D eigenvalue weighted by atomic mass is 16.5. The van der Waals surface area contributed by atoms with Crippen molar-refractivity contribution in [1.82, 2.24) is 5.32 Å². The van der Waals surface area contributed by atoms with Crippen LogP contribution in [0.3, 0.4) is 0 Å². The minimum Gasteiger partial charge on any atom is -0.480 e. The molecule has 0 amide bonds. The molecule has 1 saturated heterocycles. The number of carboxylic acid groups (broad SMARTS) is 1. The van der Waals surface area contributed by atoms with E-state index in [1.807, 2.05) is 0 Å². The Hall–Kier alpha value is -1.12. The molecular weight excluding hydrogens is 340 g/mol. The number of rotatable bonds is 7. The van der Waals surface area contributed by atoms with Crippen molar-refractivity contribution >= 4 is 5.97 Å². The first-order valence-corrected chi connectivity index (χ1v) is 11.1. The summed E-state index contributed by atoms with van der Waals surface area (Å²) in [5.41, 5.74) is 0. The Labute approximate surface area is 163 Å². The molecule has 5 heteroatoms. The predicted molar refractivity (Wildman–Crippen MR) is 104 cm³/mol. The Kier molecular flexibility index (Phi) is 7.55. The summed E-state index contributed by atoms with van der Waals surface area (Å²) >= 11 is 0. The molecule has 3 aliphatic rings. The Balaban J connectivity index is 1.70. The summed E-state index contributed by atoms with van der Waals surface area (Å²) < 4.78 is 5.68. The van der Waals surface area contributed by atoms with Gasteiger partial charge < -0.3 is 9.84 Å². The molecule has 2 N–H and O–H groups in total. The first-order chi connectivity index (χ1) is 13.1. The number of carbonyl (C=O) groups is 1. The molecule has 0 spiro atoms. The molecule has 0 aromatic rings. The van der Waals surface area contributed by atoms with E-state index in [4.69, 9.17) is 9.84 Å². The number of nitriles is 1. The van der Waals surface area contributed by atoms with E-state index in [9.17, 15) is 10.1 Å². The van der Waals surface area contributed by atoms with E-state index in [-0.39, 0.29) is 18.8 Å². The number of hydrogen-bond acceptors (Lipinski definition) is 4. The number of piperidine rings is 1. The number of nitrogens with zero attached hydrogens (tertiary/aromatic N) is 1. The Morgan fingerprint density at radius 2 is 2.04 bits per heavy atom. The lowest BCUT2D eigenvalue weighted by Crippen LogP contribution is -2.56. The third-order valence-electron chi connectivity index (χ3n) is 7.32. The van der Waals surface area contributed by atoms with Gasteiger partial charge in [-0.2, -0.15) is 5.26 Å². The molecule has 0 bridgehead atoms. The first kappa shape index (κ1) is 20.6. The molecular formula is C22H36N2O3. The summed E-state index contributed by atoms with van der Waals surface area (Å²) in [6.07, 6.45) is 12.9. The van der Waals surface area contributed by atoms with Crippen molar-refractivity contribution in [1.29, 1.82) is 5.26 Å². The van der Waals surface area contributed by atoms with Gasteiger partial charge in [-0.3, -0.25) is 5.32 Å². The maximum absolute atomic E-state index is 10.9. The lowest BCUT2D eigenvalue weighted by molar-refractivity contribution is -0.148. The van der Waals surface area contributed by atoms with Gasteiger partial charge >= 0.3 is 5.97 Å². The SMILES string of the molecule is CCCCC1CCC2NC(OCC(=O)O)CC(C3CCCC(C#N)C3)C2C1. The number of hydrogen-bond donors (Lipinski definition) is 2. The predicted octanol–water partition coefficient (Wildman–Crippen LogP) is 4.33. The second-order valence-corrected chi connectivity index (χ2v) is 9.10. The average molecular weight is 377 g/mol. The molecule has 1 aliphatic heterocycles. The molecule has 7 atom stereocenters. The fourth-order valence-corrected chi connectivity index (χ4v) is 6.02. The monoisotopic (exact) mass is 376 g/mol. The highest BCUT2D eigenvalue weighted by Crippen LogP contribution is 2.47. The van der Waals surface area contributed by atoms with Crippen LogP contribution < -0.4 is 5.32 Å². The quantitative estimate of drug-likeness (QED) is 0.691. The Morgan fingerprint density at radius 3 is 2.78 bits per heavy atom. The molecule has 3 fully saturated rings. The fraction of sp³-hybridized carbons (Fsp3) is 0.909. The highest BCUT2D eigenvalue weighted by molar-refractivity contribution is 5.68. The van der Waals surface area contributed by atoms with E-state index in [1.54, 1.807) is 0 Å². The van der Waals surface area contributed by atoms with E-state index in [2.05, 4.69) is 18.3 Å². The molecule has 1 heterocycles. The maximum Gasteiger partial charge on any atom is 0.329 e. The highest BCUT2D eigenvalue weighted by Gasteiger charge is 2.45. The molecule has 0 aromatic heterocycles. The topological polar surface area (TPSA) is 82.3 Å². The lowest BCUT2D eigenvalue weighted by Gasteiger charge is -2.50. The van der Waals surface area contributed by atoms with Crippen LogP contribution in [0.1, 0.15) is 77.6 Å². The van der Waals surface area contributed by atoms with Crippen LogP contribution >= 0.6 is 0 Å². The number of ether oxygens (including phenoxy) is 1. The first-order valence-electron chi connectivity index (χ1n) is 11.1. The normalized spacial score (nSPS) is 39.3. The minimum absolute atomic E-state index is 0.151. The standard InChI is InChI=1S/C22H36N2O3/c1-2-3-5-15-8-9-20-19(11-15)18(12-21(24-20)27-14-22(25)26)17-7-4-6-16(10-17)13-23/h15-21,24H,2-12,14H2,1H3,(H,25,26). The van der Waals surface area contributed by atoms with Gasteiger partial charge in [0.1, 0.15) is 12.8 Å². The van der Waals surface area contributed by atoms with Gasteiger partial charge in [-0.25, -0.2) is 4.79 Å². The summed E-state index contributed by atoms with van der Waals surface area (Å²) in [6, 6.07) is 2.96. The van der Waals surface area contributed by atoms with Gasteiger partial charge in [-0.05, 0) is 62.2 Å². The Bertz CT molecular complexity index is 532. The van der Waals surface area contributed by atoms with Crippen molar-refractivity contribution < 1.29 is 14.6 Å². The summed E-state index contributed by atoms with van der Waals surface area (Å²) in [5, 5.41) is 22.0. The number of nitrogens with one attached hydrogen (secondary N) is 1. The van der Waals surface area contributed by atoms with E-state index < -0.39 is 5.97 Å². The molecule has 2 saturated carbocycles. The lowest BCUT2D eigenvalue weighted by atomic mass is 9.61. The average Bonchev–Trinajstić information content (AvgIpc) is 2.70. The summed E-state index contributed by atoms with van der Waals surface area (Å²) in [4.78, 5) is 10.9. The smallest absolute Gasteiger partial charge is 0.329 e. The minimum atomic E-state index is -0.902. The van der Waals surface area contributed by atoms with Crippen LogP contribution in [0.5, 0.6) is 0 Å². The summed E-state index contributed by atoms with van der Waals surface area (Å²) in [6.45, 7) is 2.04. The second kappa shape index (κ2) is 9.89. The van der Waals surface area contributed by atoms with Crippen molar-refractivity contribution in [2.24, 2.45) is 29.6 Å². The van der Waals surface area contributed by atoms with Crippen LogP contribution in [0.25, 0.3) is 0 Å². The van der Waals surface area contributed by atoms with Gasteiger partial charge in [0.25, 0.3) is 0 Å². The molecule has 3 rings (SSSR count). The fourth-order valence-electron chi connectivity index (χ4n) is 6.02. The van der Waals surface area contributed by atoms with Gasteiger partial charge in [0, 0.05) is 12.0 Å². The molecule has 27 heavy (non-hydrogen) atoms. The van der Waals surface area contributed by atoms with E-state index >= 15 is 0 Å². The van der Waals surface area contributed by atoms with Crippen LogP contribution in [0.2, 0.25) is 0 Å². The van der Waals surface area contributed by atoms with Crippen LogP contribution in [0.15, 0.2) is 0 Å². The van der Waals surface area contributed by atoms with Gasteiger partial charge in [-0.1, -0.05) is 39.0 Å². The van der Waals surface area contributed by atoms with E-state index in [0.717, 1.165) is 31.6 Å². The Morgan fingerprint density at radius 1 is 1.19 bits per heavy atom. The largest absolute Gasteiger partial charge is 0.480 e.